The third-order valence-electron chi connectivity index (χ3n) is 12.1. The number of carbonyl (C=O) groups excluding carboxylic acids is 3. The van der Waals surface area contributed by atoms with Gasteiger partial charge < -0.3 is 49.3 Å². The van der Waals surface area contributed by atoms with Crippen LogP contribution < -0.4 is 25.4 Å². The van der Waals surface area contributed by atoms with Crippen LogP contribution in [0.5, 0.6) is 11.5 Å². The Morgan fingerprint density at radius 2 is 1.83 bits per heavy atom. The summed E-state index contributed by atoms with van der Waals surface area (Å²) >= 11 is 6.93. The molecule has 59 heavy (non-hydrogen) atoms. The molecule has 8 atom stereocenters. The SMILES string of the molecule is C=C[C@@H]1C[C@]1(NC(=O)[C@@H]1C[C@@H](Oc2cc(-c3coc(NC4CC4)n3)nc3c(Cl)c(OCCOC)ccc23)CN1C(=O)[C@@H](NC(=O)OC1C[C@@H]2C[C@@H]2C1)C(C)(C)C)C(=O)O. The van der Waals surface area contributed by atoms with Gasteiger partial charge in [-0.3, -0.25) is 9.59 Å². The molecule has 2 aromatic heterocycles. The van der Waals surface area contributed by atoms with E-state index in [1.54, 1.807) is 25.3 Å². The molecule has 3 heterocycles. The average molecular weight is 835 g/mol. The lowest BCUT2D eigenvalue weighted by molar-refractivity contribution is -0.146. The summed E-state index contributed by atoms with van der Waals surface area (Å²) in [5.41, 5.74) is -1.18. The van der Waals surface area contributed by atoms with Crippen molar-refractivity contribution in [1.29, 1.82) is 0 Å². The second kappa shape index (κ2) is 15.8. The third-order valence-corrected chi connectivity index (χ3v) is 12.4. The van der Waals surface area contributed by atoms with Crippen LogP contribution in [0.2, 0.25) is 5.02 Å². The van der Waals surface area contributed by atoms with Crippen molar-refractivity contribution in [3.63, 3.8) is 0 Å². The summed E-state index contributed by atoms with van der Waals surface area (Å²) in [6.45, 7) is 9.70. The van der Waals surface area contributed by atoms with Crippen LogP contribution in [0.25, 0.3) is 22.3 Å². The molecule has 8 rings (SSSR count). The number of carboxylic acid groups (broad SMARTS) is 1. The number of carbonyl (C=O) groups is 4. The fourth-order valence-corrected chi connectivity index (χ4v) is 8.65. The number of rotatable bonds is 16. The monoisotopic (exact) mass is 834 g/mol. The lowest BCUT2D eigenvalue weighted by atomic mass is 9.85. The Kier molecular flexibility index (Phi) is 10.9. The maximum Gasteiger partial charge on any atom is 0.408 e. The highest BCUT2D eigenvalue weighted by molar-refractivity contribution is 6.36. The van der Waals surface area contributed by atoms with E-state index in [2.05, 4.69) is 27.5 Å². The molecule has 1 saturated heterocycles. The van der Waals surface area contributed by atoms with Crippen molar-refractivity contribution in [3.05, 3.63) is 42.1 Å². The van der Waals surface area contributed by atoms with Crippen molar-refractivity contribution >= 4 is 52.4 Å². The normalized spacial score (nSPS) is 27.4. The van der Waals surface area contributed by atoms with E-state index in [1.165, 1.54) is 17.2 Å². The van der Waals surface area contributed by atoms with Gasteiger partial charge in [0.05, 0.1) is 24.4 Å². The number of fused-ring (bicyclic) bond motifs is 2. The first kappa shape index (κ1) is 40.7. The molecule has 0 bridgehead atoms. The van der Waals surface area contributed by atoms with Crippen LogP contribution >= 0.6 is 11.6 Å². The number of amides is 3. The van der Waals surface area contributed by atoms with Crippen molar-refractivity contribution in [2.75, 3.05) is 32.2 Å². The number of nitrogens with one attached hydrogen (secondary N) is 3. The number of methoxy groups -OCH3 is 1. The minimum atomic E-state index is -1.54. The van der Waals surface area contributed by atoms with E-state index in [0.717, 1.165) is 32.1 Å². The van der Waals surface area contributed by atoms with Gasteiger partial charge >= 0.3 is 12.1 Å². The van der Waals surface area contributed by atoms with E-state index in [9.17, 15) is 24.3 Å². The average Bonchev–Trinajstić information content (AvgIpc) is 4.14. The molecule has 4 N–H and O–H groups in total. The zero-order chi connectivity index (χ0) is 41.8. The van der Waals surface area contributed by atoms with Crippen LogP contribution in [0.15, 0.2) is 41.5 Å². The summed E-state index contributed by atoms with van der Waals surface area (Å²) < 4.78 is 29.2. The molecule has 16 nitrogen and oxygen atoms in total. The molecule has 5 aliphatic rings. The Bertz CT molecular complexity index is 2140. The van der Waals surface area contributed by atoms with E-state index < -0.39 is 58.9 Å². The molecule has 1 aliphatic heterocycles. The highest BCUT2D eigenvalue weighted by atomic mass is 35.5. The van der Waals surface area contributed by atoms with Gasteiger partial charge in [-0.1, -0.05) is 38.4 Å². The van der Waals surface area contributed by atoms with Gasteiger partial charge in [0.15, 0.2) is 0 Å². The van der Waals surface area contributed by atoms with E-state index in [-0.39, 0.29) is 37.1 Å². The Balaban J connectivity index is 1.10. The number of halogens is 1. The number of pyridine rings is 1. The summed E-state index contributed by atoms with van der Waals surface area (Å²) in [6.07, 6.45) is 6.31. The first-order chi connectivity index (χ1) is 28.2. The summed E-state index contributed by atoms with van der Waals surface area (Å²) in [4.78, 5) is 65.5. The minimum absolute atomic E-state index is 0.00268. The summed E-state index contributed by atoms with van der Waals surface area (Å²) in [6, 6.07) is 3.57. The van der Waals surface area contributed by atoms with Crippen LogP contribution in [0, 0.1) is 23.2 Å². The number of hydrogen-bond donors (Lipinski definition) is 4. The van der Waals surface area contributed by atoms with Gasteiger partial charge in [0.1, 0.15) is 64.9 Å². The van der Waals surface area contributed by atoms with Crippen LogP contribution in [0.3, 0.4) is 0 Å². The predicted molar refractivity (Wildman–Crippen MR) is 215 cm³/mol. The molecule has 17 heteroatoms. The quantitative estimate of drug-likeness (QED) is 0.103. The topological polar surface area (TPSA) is 204 Å². The molecule has 4 aliphatic carbocycles. The molecule has 3 aromatic rings. The van der Waals surface area contributed by atoms with Crippen molar-refractivity contribution < 1.29 is 47.6 Å². The second-order valence-corrected chi connectivity index (χ2v) is 17.9. The van der Waals surface area contributed by atoms with Crippen LogP contribution in [-0.4, -0.2) is 107 Å². The molecule has 1 unspecified atom stereocenters. The van der Waals surface area contributed by atoms with Crippen LogP contribution in [0.1, 0.15) is 65.7 Å². The molecular formula is C42H51ClN6O10. The van der Waals surface area contributed by atoms with Crippen molar-refractivity contribution in [2.24, 2.45) is 23.2 Å². The molecular weight excluding hydrogens is 784 g/mol. The van der Waals surface area contributed by atoms with Gasteiger partial charge in [-0.2, -0.15) is 4.98 Å². The van der Waals surface area contributed by atoms with E-state index >= 15 is 0 Å². The van der Waals surface area contributed by atoms with Gasteiger partial charge in [0.2, 0.25) is 11.8 Å². The lowest BCUT2D eigenvalue weighted by Crippen LogP contribution is -2.59. The Morgan fingerprint density at radius 1 is 1.07 bits per heavy atom. The Labute approximate surface area is 346 Å². The second-order valence-electron chi connectivity index (χ2n) is 17.6. The fourth-order valence-electron chi connectivity index (χ4n) is 8.39. The van der Waals surface area contributed by atoms with E-state index in [4.69, 9.17) is 39.9 Å². The summed E-state index contributed by atoms with van der Waals surface area (Å²) in [7, 11) is 1.57. The number of alkyl carbamates (subject to hydrolysis) is 1. The highest BCUT2D eigenvalue weighted by Crippen LogP contribution is 2.52. The minimum Gasteiger partial charge on any atom is -0.490 e. The third kappa shape index (κ3) is 8.51. The Morgan fingerprint density at radius 3 is 2.49 bits per heavy atom. The van der Waals surface area contributed by atoms with Gasteiger partial charge in [0, 0.05) is 36.9 Å². The molecule has 316 valence electrons. The first-order valence-corrected chi connectivity index (χ1v) is 20.6. The maximum absolute atomic E-state index is 14.7. The van der Waals surface area contributed by atoms with Gasteiger partial charge in [-0.15, -0.1) is 6.58 Å². The van der Waals surface area contributed by atoms with Crippen molar-refractivity contribution in [2.45, 2.75) is 102 Å². The van der Waals surface area contributed by atoms with Crippen molar-refractivity contribution in [1.82, 2.24) is 25.5 Å². The van der Waals surface area contributed by atoms with E-state index in [1.807, 2.05) is 20.8 Å². The smallest absolute Gasteiger partial charge is 0.408 e. The van der Waals surface area contributed by atoms with E-state index in [0.29, 0.717) is 64.3 Å². The number of ether oxygens (including phenoxy) is 4. The number of carboxylic acids is 1. The zero-order valence-electron chi connectivity index (χ0n) is 33.6. The number of likely N-dealkylation sites (tertiary alicyclic amines) is 1. The highest BCUT2D eigenvalue weighted by Gasteiger charge is 2.61. The largest absolute Gasteiger partial charge is 0.490 e. The molecule has 3 amide bonds. The Hall–Kier alpha value is -5.09. The summed E-state index contributed by atoms with van der Waals surface area (Å²) in [5.74, 6) is -0.955. The summed E-state index contributed by atoms with van der Waals surface area (Å²) in [5, 5.41) is 19.7. The number of hydrogen-bond acceptors (Lipinski definition) is 12. The van der Waals surface area contributed by atoms with Gasteiger partial charge in [-0.25, -0.2) is 14.6 Å². The lowest BCUT2D eigenvalue weighted by Gasteiger charge is -2.35. The van der Waals surface area contributed by atoms with Crippen molar-refractivity contribution in [3.8, 4) is 22.9 Å². The van der Waals surface area contributed by atoms with Crippen LogP contribution in [-0.2, 0) is 23.9 Å². The molecule has 0 spiro atoms. The number of benzene rings is 1. The number of anilines is 1. The number of aliphatic carboxylic acids is 1. The molecule has 1 aromatic carbocycles. The standard InChI is InChI=1S/C42H51ClN6O10/c1-6-23-18-42(23,38(52)53)48-36(50)30-16-26(19-49(30)37(51)35(41(2,3)4)47-40(54)59-25-14-21-13-22(21)15-25)58-32-17-28(29-20-57-39(46-29)44-24-7-8-24)45-34-27(32)9-10-31(33(34)43)56-12-11-55-5/h6,9-10,17,20-26,30,35H,1,7-8,11-16,18-19H2,2-5H3,(H,44,46)(H,47,54)(H,48,50)(H,52,53)/t21-,22+,23-,25?,26-,30+,35-,42-/m1/s1. The van der Waals surface area contributed by atoms with Gasteiger partial charge in [-0.05, 0) is 67.9 Å². The molecule has 0 radical (unpaired) electrons. The molecule has 5 fully saturated rings. The van der Waals surface area contributed by atoms with Crippen LogP contribution in [0.4, 0.5) is 10.8 Å². The predicted octanol–water partition coefficient (Wildman–Crippen LogP) is 5.58. The number of aromatic nitrogens is 2. The molecule has 4 saturated carbocycles. The maximum atomic E-state index is 14.7. The zero-order valence-corrected chi connectivity index (χ0v) is 34.4. The number of nitrogens with zero attached hydrogens (tertiary/aromatic N) is 3. The first-order valence-electron chi connectivity index (χ1n) is 20.3. The van der Waals surface area contributed by atoms with Gasteiger partial charge in [0.25, 0.3) is 6.01 Å². The fraction of sp³-hybridized carbons (Fsp3) is 0.571. The number of oxazole rings is 1.